The molecule has 1 saturated heterocycles. The number of H-pyrrole nitrogens is 1. The van der Waals surface area contributed by atoms with Crippen LogP contribution in [0.5, 0.6) is 0 Å². The predicted molar refractivity (Wildman–Crippen MR) is 64.1 cm³/mol. The zero-order valence-electron chi connectivity index (χ0n) is 9.92. The number of nitrogens with one attached hydrogen (secondary N) is 2. The molecule has 2 heterocycles. The summed E-state index contributed by atoms with van der Waals surface area (Å²) in [6, 6.07) is 1.07. The van der Waals surface area contributed by atoms with Crippen molar-refractivity contribution in [1.82, 2.24) is 14.6 Å². The van der Waals surface area contributed by atoms with Crippen LogP contribution in [-0.2, 0) is 14.8 Å². The van der Waals surface area contributed by atoms with Gasteiger partial charge in [0.2, 0.25) is 15.9 Å². The molecule has 0 aromatic carbocycles. The number of carbonyl (C=O) groups is 2. The largest absolute Gasteiger partial charge is 0.477 e. The number of hydrogen-bond donors (Lipinski definition) is 3. The van der Waals surface area contributed by atoms with Gasteiger partial charge in [0.25, 0.3) is 0 Å². The topological polar surface area (TPSA) is 120 Å². The number of aromatic amines is 1. The van der Waals surface area contributed by atoms with Gasteiger partial charge in [-0.2, -0.15) is 4.31 Å². The van der Waals surface area contributed by atoms with E-state index in [1.165, 1.54) is 4.31 Å². The van der Waals surface area contributed by atoms with Crippen molar-refractivity contribution in [1.29, 1.82) is 0 Å². The van der Waals surface area contributed by atoms with E-state index in [4.69, 9.17) is 5.11 Å². The molecule has 1 fully saturated rings. The first-order valence-corrected chi connectivity index (χ1v) is 7.04. The molecular weight excluding hydrogens is 274 g/mol. The van der Waals surface area contributed by atoms with Crippen molar-refractivity contribution in [2.45, 2.75) is 11.3 Å². The van der Waals surface area contributed by atoms with E-state index in [2.05, 4.69) is 10.3 Å². The smallest absolute Gasteiger partial charge is 0.352 e. The molecule has 1 aliphatic rings. The van der Waals surface area contributed by atoms with Crippen molar-refractivity contribution in [2.24, 2.45) is 0 Å². The Labute approximate surface area is 109 Å². The van der Waals surface area contributed by atoms with Crippen LogP contribution >= 0.6 is 0 Å². The summed E-state index contributed by atoms with van der Waals surface area (Å²) in [6.07, 6.45) is 1.23. The van der Waals surface area contributed by atoms with Crippen LogP contribution in [0, 0.1) is 0 Å². The van der Waals surface area contributed by atoms with E-state index >= 15 is 0 Å². The maximum atomic E-state index is 12.3. The maximum absolute atomic E-state index is 12.3. The molecule has 0 bridgehead atoms. The fourth-order valence-electron chi connectivity index (χ4n) is 1.78. The highest BCUT2D eigenvalue weighted by molar-refractivity contribution is 7.89. The number of aromatic nitrogens is 1. The van der Waals surface area contributed by atoms with E-state index in [0.29, 0.717) is 0 Å². The zero-order valence-corrected chi connectivity index (χ0v) is 10.7. The van der Waals surface area contributed by atoms with Crippen molar-refractivity contribution >= 4 is 21.9 Å². The number of amides is 1. The number of nitrogens with zero attached hydrogens (tertiary/aromatic N) is 1. The summed E-state index contributed by atoms with van der Waals surface area (Å²) >= 11 is 0. The summed E-state index contributed by atoms with van der Waals surface area (Å²) in [6.45, 7) is 0.498. The number of sulfonamides is 1. The van der Waals surface area contributed by atoms with Crippen LogP contribution in [0.2, 0.25) is 0 Å². The van der Waals surface area contributed by atoms with Gasteiger partial charge in [0, 0.05) is 32.3 Å². The van der Waals surface area contributed by atoms with Gasteiger partial charge in [-0.25, -0.2) is 13.2 Å². The molecular formula is C10H13N3O5S. The quantitative estimate of drug-likeness (QED) is 0.674. The van der Waals surface area contributed by atoms with Crippen LogP contribution in [0.25, 0.3) is 0 Å². The standard InChI is InChI=1S/C10H13N3O5S/c14-9-1-3-13(4-2-11-9)19(17,18)7-5-8(10(15)16)12-6-7/h5-6,12H,1-4H2,(H,11,14)(H,15,16). The summed E-state index contributed by atoms with van der Waals surface area (Å²) in [4.78, 5) is 24.2. The van der Waals surface area contributed by atoms with Crippen LogP contribution in [-0.4, -0.2) is 54.3 Å². The lowest BCUT2D eigenvalue weighted by atomic mass is 10.4. The number of rotatable bonds is 3. The first-order chi connectivity index (χ1) is 8.91. The number of aromatic carboxylic acids is 1. The van der Waals surface area contributed by atoms with Gasteiger partial charge in [0.1, 0.15) is 10.6 Å². The third-order valence-corrected chi connectivity index (χ3v) is 4.67. The molecule has 0 unspecified atom stereocenters. The van der Waals surface area contributed by atoms with Gasteiger partial charge < -0.3 is 15.4 Å². The summed E-state index contributed by atoms with van der Waals surface area (Å²) in [5.74, 6) is -1.42. The predicted octanol–water partition coefficient (Wildman–Crippen LogP) is -0.776. The first kappa shape index (κ1) is 13.6. The number of hydrogen-bond acceptors (Lipinski definition) is 4. The Morgan fingerprint density at radius 3 is 2.74 bits per heavy atom. The molecule has 1 aromatic heterocycles. The molecule has 3 N–H and O–H groups in total. The molecule has 1 amide bonds. The van der Waals surface area contributed by atoms with Crippen LogP contribution in [0.3, 0.4) is 0 Å². The van der Waals surface area contributed by atoms with E-state index in [-0.39, 0.29) is 42.6 Å². The summed E-state index contributed by atoms with van der Waals surface area (Å²) in [7, 11) is -3.77. The van der Waals surface area contributed by atoms with Crippen LogP contribution in [0.4, 0.5) is 0 Å². The molecule has 0 radical (unpaired) electrons. The average molecular weight is 287 g/mol. The molecule has 0 atom stereocenters. The second kappa shape index (κ2) is 5.02. The average Bonchev–Trinajstić information content (AvgIpc) is 2.74. The molecule has 1 aromatic rings. The normalized spacial score (nSPS) is 17.8. The highest BCUT2D eigenvalue weighted by Crippen LogP contribution is 2.17. The molecule has 0 spiro atoms. The molecule has 0 saturated carbocycles. The Balaban J connectivity index is 2.25. The molecule has 19 heavy (non-hydrogen) atoms. The number of carbonyl (C=O) groups excluding carboxylic acids is 1. The molecule has 8 nitrogen and oxygen atoms in total. The van der Waals surface area contributed by atoms with Crippen molar-refractivity contribution < 1.29 is 23.1 Å². The van der Waals surface area contributed by atoms with Crippen LogP contribution < -0.4 is 5.32 Å². The minimum atomic E-state index is -3.77. The van der Waals surface area contributed by atoms with Crippen molar-refractivity contribution in [3.8, 4) is 0 Å². The fraction of sp³-hybridized carbons (Fsp3) is 0.400. The molecule has 2 rings (SSSR count). The van der Waals surface area contributed by atoms with Crippen LogP contribution in [0.1, 0.15) is 16.9 Å². The number of carboxylic acids is 1. The molecule has 1 aliphatic heterocycles. The lowest BCUT2D eigenvalue weighted by Crippen LogP contribution is -2.34. The minimum absolute atomic E-state index is 0.0851. The van der Waals surface area contributed by atoms with Gasteiger partial charge in [0.15, 0.2) is 0 Å². The van der Waals surface area contributed by atoms with E-state index in [1.54, 1.807) is 0 Å². The van der Waals surface area contributed by atoms with Gasteiger partial charge >= 0.3 is 5.97 Å². The van der Waals surface area contributed by atoms with Gasteiger partial charge in [-0.15, -0.1) is 0 Å². The van der Waals surface area contributed by atoms with Gasteiger partial charge in [-0.3, -0.25) is 4.79 Å². The van der Waals surface area contributed by atoms with Crippen molar-refractivity contribution in [2.75, 3.05) is 19.6 Å². The fourth-order valence-corrected chi connectivity index (χ4v) is 3.22. The van der Waals surface area contributed by atoms with E-state index in [0.717, 1.165) is 12.3 Å². The Morgan fingerprint density at radius 2 is 2.11 bits per heavy atom. The lowest BCUT2D eigenvalue weighted by molar-refractivity contribution is -0.120. The Hall–Kier alpha value is -1.87. The summed E-state index contributed by atoms with van der Waals surface area (Å²) < 4.78 is 25.7. The van der Waals surface area contributed by atoms with Gasteiger partial charge in [-0.1, -0.05) is 0 Å². The second-order valence-corrected chi connectivity index (χ2v) is 6.00. The van der Waals surface area contributed by atoms with E-state index in [1.807, 2.05) is 0 Å². The Kier molecular flexibility index (Phi) is 3.58. The minimum Gasteiger partial charge on any atom is -0.477 e. The number of carboxylic acid groups (broad SMARTS) is 1. The highest BCUT2D eigenvalue weighted by atomic mass is 32.2. The Morgan fingerprint density at radius 1 is 1.37 bits per heavy atom. The monoisotopic (exact) mass is 287 g/mol. The SMILES string of the molecule is O=C1CCN(S(=O)(=O)c2c[nH]c(C(=O)O)c2)CCN1. The summed E-state index contributed by atoms with van der Waals surface area (Å²) in [5, 5.41) is 11.3. The third kappa shape index (κ3) is 2.76. The third-order valence-electron chi connectivity index (χ3n) is 2.80. The molecule has 9 heteroatoms. The molecule has 104 valence electrons. The summed E-state index contributed by atoms with van der Waals surface area (Å²) in [5.41, 5.74) is -0.192. The van der Waals surface area contributed by atoms with E-state index in [9.17, 15) is 18.0 Å². The van der Waals surface area contributed by atoms with Gasteiger partial charge in [-0.05, 0) is 6.07 Å². The zero-order chi connectivity index (χ0) is 14.0. The van der Waals surface area contributed by atoms with Gasteiger partial charge in [0.05, 0.1) is 0 Å². The maximum Gasteiger partial charge on any atom is 0.352 e. The van der Waals surface area contributed by atoms with E-state index < -0.39 is 16.0 Å². The lowest BCUT2D eigenvalue weighted by Gasteiger charge is -2.17. The molecule has 0 aliphatic carbocycles. The highest BCUT2D eigenvalue weighted by Gasteiger charge is 2.28. The second-order valence-electron chi connectivity index (χ2n) is 4.06. The van der Waals surface area contributed by atoms with Crippen molar-refractivity contribution in [3.63, 3.8) is 0 Å². The first-order valence-electron chi connectivity index (χ1n) is 5.60. The Bertz CT molecular complexity index is 606. The van der Waals surface area contributed by atoms with Crippen LogP contribution in [0.15, 0.2) is 17.2 Å². The van der Waals surface area contributed by atoms with Crippen molar-refractivity contribution in [3.05, 3.63) is 18.0 Å².